The third kappa shape index (κ3) is 13.5. The summed E-state index contributed by atoms with van der Waals surface area (Å²) in [4.78, 5) is 0. The monoisotopic (exact) mass is 262 g/mol. The average molecular weight is 262 g/mol. The van der Waals surface area contributed by atoms with Crippen LogP contribution in [-0.4, -0.2) is 0 Å². The van der Waals surface area contributed by atoms with Gasteiger partial charge < -0.3 is 0 Å². The Morgan fingerprint density at radius 3 is 1.84 bits per heavy atom. The Hall–Kier alpha value is -0.780. The highest BCUT2D eigenvalue weighted by molar-refractivity contribution is 5.08. The van der Waals surface area contributed by atoms with Crippen LogP contribution in [0.3, 0.4) is 0 Å². The zero-order valence-electron chi connectivity index (χ0n) is 13.2. The molecule has 0 aromatic carbocycles. The molecular formula is C19H34. The van der Waals surface area contributed by atoms with Crippen LogP contribution in [0.4, 0.5) is 0 Å². The van der Waals surface area contributed by atoms with E-state index in [0.29, 0.717) is 5.92 Å². The molecule has 0 amide bonds. The summed E-state index contributed by atoms with van der Waals surface area (Å²) in [6.45, 7) is 8.41. The van der Waals surface area contributed by atoms with Crippen molar-refractivity contribution in [2.24, 2.45) is 5.92 Å². The van der Waals surface area contributed by atoms with Crippen molar-refractivity contribution < 1.29 is 0 Å². The van der Waals surface area contributed by atoms with Gasteiger partial charge in [-0.25, -0.2) is 0 Å². The van der Waals surface area contributed by atoms with Gasteiger partial charge in [0.25, 0.3) is 0 Å². The number of hydrogen-bond acceptors (Lipinski definition) is 0. The lowest BCUT2D eigenvalue weighted by atomic mass is 10.1. The lowest BCUT2D eigenvalue weighted by Gasteiger charge is -2.01. The van der Waals surface area contributed by atoms with E-state index in [-0.39, 0.29) is 0 Å². The van der Waals surface area contributed by atoms with Crippen molar-refractivity contribution in [1.29, 1.82) is 0 Å². The van der Waals surface area contributed by atoms with Gasteiger partial charge in [-0.3, -0.25) is 0 Å². The Kier molecular flexibility index (Phi) is 14.7. The van der Waals surface area contributed by atoms with Gasteiger partial charge in [-0.05, 0) is 19.3 Å². The molecule has 0 heterocycles. The molecule has 19 heavy (non-hydrogen) atoms. The van der Waals surface area contributed by atoms with E-state index in [0.717, 1.165) is 0 Å². The lowest BCUT2D eigenvalue weighted by Crippen LogP contribution is -1.85. The smallest absolute Gasteiger partial charge is 0.0124 e. The minimum Gasteiger partial charge on any atom is -0.102 e. The molecule has 0 N–H and O–H groups in total. The van der Waals surface area contributed by atoms with Crippen molar-refractivity contribution in [3.8, 4) is 0 Å². The lowest BCUT2D eigenvalue weighted by molar-refractivity contribution is 0.611. The van der Waals surface area contributed by atoms with E-state index in [1.54, 1.807) is 0 Å². The summed E-state index contributed by atoms with van der Waals surface area (Å²) in [5.74, 6) is 0.428. The highest BCUT2D eigenvalue weighted by atomic mass is 14.0. The fourth-order valence-electron chi connectivity index (χ4n) is 2.09. The van der Waals surface area contributed by atoms with Crippen LogP contribution in [0.1, 0.15) is 78.1 Å². The average Bonchev–Trinajstić information content (AvgIpc) is 2.44. The van der Waals surface area contributed by atoms with Crippen molar-refractivity contribution in [2.45, 2.75) is 78.1 Å². The Morgan fingerprint density at radius 2 is 1.26 bits per heavy atom. The van der Waals surface area contributed by atoms with E-state index >= 15 is 0 Å². The summed E-state index contributed by atoms with van der Waals surface area (Å²) in [6.07, 6.45) is 24.5. The molecule has 0 spiro atoms. The maximum absolute atomic E-state index is 3.91. The van der Waals surface area contributed by atoms with Gasteiger partial charge in [0.05, 0.1) is 0 Å². The van der Waals surface area contributed by atoms with E-state index in [2.05, 4.69) is 44.7 Å². The zero-order chi connectivity index (χ0) is 14.2. The number of rotatable bonds is 13. The van der Waals surface area contributed by atoms with Crippen LogP contribution in [0.25, 0.3) is 0 Å². The molecule has 0 bridgehead atoms. The van der Waals surface area contributed by atoms with E-state index < -0.39 is 0 Å². The molecule has 0 aliphatic rings. The SMILES string of the molecule is C=CC(C=CCCCC)C=CCCCCCCCC. The molecule has 0 saturated carbocycles. The summed E-state index contributed by atoms with van der Waals surface area (Å²) in [6, 6.07) is 0. The molecule has 0 rings (SSSR count). The minimum atomic E-state index is 0.428. The first-order chi connectivity index (χ1) is 9.35. The predicted molar refractivity (Wildman–Crippen MR) is 89.5 cm³/mol. The molecule has 0 saturated heterocycles. The van der Waals surface area contributed by atoms with Gasteiger partial charge in [0.15, 0.2) is 0 Å². The second kappa shape index (κ2) is 15.3. The van der Waals surface area contributed by atoms with Crippen LogP contribution < -0.4 is 0 Å². The molecular weight excluding hydrogens is 228 g/mol. The van der Waals surface area contributed by atoms with Crippen LogP contribution in [0, 0.1) is 5.92 Å². The second-order valence-electron chi connectivity index (χ2n) is 5.37. The molecule has 1 unspecified atom stereocenters. The van der Waals surface area contributed by atoms with Crippen LogP contribution >= 0.6 is 0 Å². The molecule has 0 aliphatic carbocycles. The Labute approximate surface area is 121 Å². The number of unbranched alkanes of at least 4 members (excludes halogenated alkanes) is 8. The molecule has 0 heteroatoms. The van der Waals surface area contributed by atoms with Gasteiger partial charge >= 0.3 is 0 Å². The molecule has 110 valence electrons. The fourth-order valence-corrected chi connectivity index (χ4v) is 2.09. The fraction of sp³-hybridized carbons (Fsp3) is 0.684. The van der Waals surface area contributed by atoms with E-state index in [9.17, 15) is 0 Å². The molecule has 0 aromatic heterocycles. The summed E-state index contributed by atoms with van der Waals surface area (Å²) >= 11 is 0. The van der Waals surface area contributed by atoms with Gasteiger partial charge in [-0.15, -0.1) is 6.58 Å². The van der Waals surface area contributed by atoms with Crippen LogP contribution in [0.15, 0.2) is 37.0 Å². The molecule has 0 aliphatic heterocycles. The first-order valence-corrected chi connectivity index (χ1v) is 8.31. The van der Waals surface area contributed by atoms with Crippen molar-refractivity contribution in [3.63, 3.8) is 0 Å². The van der Waals surface area contributed by atoms with Crippen molar-refractivity contribution in [2.75, 3.05) is 0 Å². The Bertz CT molecular complexity index is 234. The van der Waals surface area contributed by atoms with Gasteiger partial charge in [0, 0.05) is 5.92 Å². The van der Waals surface area contributed by atoms with E-state index in [1.807, 2.05) is 6.08 Å². The summed E-state index contributed by atoms with van der Waals surface area (Å²) in [5.41, 5.74) is 0. The summed E-state index contributed by atoms with van der Waals surface area (Å²) in [5, 5.41) is 0. The highest BCUT2D eigenvalue weighted by Crippen LogP contribution is 2.09. The third-order valence-corrected chi connectivity index (χ3v) is 3.44. The Morgan fingerprint density at radius 1 is 0.737 bits per heavy atom. The van der Waals surface area contributed by atoms with Gasteiger partial charge in [0.1, 0.15) is 0 Å². The normalized spacial score (nSPS) is 13.4. The first kappa shape index (κ1) is 18.2. The topological polar surface area (TPSA) is 0 Å². The summed E-state index contributed by atoms with van der Waals surface area (Å²) in [7, 11) is 0. The first-order valence-electron chi connectivity index (χ1n) is 8.31. The largest absolute Gasteiger partial charge is 0.102 e. The summed E-state index contributed by atoms with van der Waals surface area (Å²) < 4.78 is 0. The zero-order valence-corrected chi connectivity index (χ0v) is 13.2. The van der Waals surface area contributed by atoms with Gasteiger partial charge in [0.2, 0.25) is 0 Å². The quantitative estimate of drug-likeness (QED) is 0.252. The van der Waals surface area contributed by atoms with Crippen molar-refractivity contribution in [3.05, 3.63) is 37.0 Å². The molecule has 0 radical (unpaired) electrons. The Balaban J connectivity index is 3.59. The maximum Gasteiger partial charge on any atom is 0.0124 e. The molecule has 0 nitrogen and oxygen atoms in total. The number of hydrogen-bond donors (Lipinski definition) is 0. The maximum atomic E-state index is 3.91. The van der Waals surface area contributed by atoms with Crippen molar-refractivity contribution in [1.82, 2.24) is 0 Å². The van der Waals surface area contributed by atoms with Crippen LogP contribution in [0.5, 0.6) is 0 Å². The predicted octanol–water partition coefficient (Wildman–Crippen LogP) is 6.84. The van der Waals surface area contributed by atoms with Crippen LogP contribution in [0.2, 0.25) is 0 Å². The second-order valence-corrected chi connectivity index (χ2v) is 5.37. The van der Waals surface area contributed by atoms with E-state index in [1.165, 1.54) is 64.2 Å². The molecule has 1 atom stereocenters. The minimum absolute atomic E-state index is 0.428. The van der Waals surface area contributed by atoms with Gasteiger partial charge in [-0.2, -0.15) is 0 Å². The third-order valence-electron chi connectivity index (χ3n) is 3.44. The van der Waals surface area contributed by atoms with Crippen molar-refractivity contribution >= 4 is 0 Å². The highest BCUT2D eigenvalue weighted by Gasteiger charge is 1.92. The molecule has 0 fully saturated rings. The van der Waals surface area contributed by atoms with E-state index in [4.69, 9.17) is 0 Å². The number of allylic oxidation sites excluding steroid dienone is 5. The van der Waals surface area contributed by atoms with Gasteiger partial charge in [-0.1, -0.05) is 89.2 Å². The standard InChI is InChI=1S/C19H34/c1-4-7-9-11-12-13-14-16-18-19(6-3)17-15-10-8-5-2/h6,15-19H,3-5,7-14H2,1-2H3. The molecule has 0 aromatic rings. The van der Waals surface area contributed by atoms with Crippen LogP contribution in [-0.2, 0) is 0 Å².